The minimum absolute atomic E-state index is 0.0536. The molecule has 240 valence electrons. The molecular weight excluding hydrogens is 599 g/mol. The Morgan fingerprint density at radius 2 is 1.83 bits per heavy atom. The molecule has 4 heterocycles. The number of ether oxygens (including phenoxy) is 2. The van der Waals surface area contributed by atoms with E-state index in [1.54, 1.807) is 6.07 Å². The monoisotopic (exact) mass is 633 g/mol. The number of halogens is 3. The fourth-order valence-electron chi connectivity index (χ4n) is 7.63. The minimum atomic E-state index is -4.47. The van der Waals surface area contributed by atoms with E-state index in [1.807, 2.05) is 18.2 Å². The first-order valence-corrected chi connectivity index (χ1v) is 16.0. The number of benzene rings is 2. The van der Waals surface area contributed by atoms with Gasteiger partial charge in [-0.15, -0.1) is 0 Å². The van der Waals surface area contributed by atoms with Crippen LogP contribution in [0.4, 0.5) is 18.9 Å². The van der Waals surface area contributed by atoms with Gasteiger partial charge in [0.25, 0.3) is 0 Å². The molecule has 2 saturated carbocycles. The minimum Gasteiger partial charge on any atom is -0.485 e. The third-order valence-electron chi connectivity index (χ3n) is 10.3. The van der Waals surface area contributed by atoms with E-state index in [2.05, 4.69) is 15.0 Å². The summed E-state index contributed by atoms with van der Waals surface area (Å²) >= 11 is 0. The Kier molecular flexibility index (Phi) is 7.00. The van der Waals surface area contributed by atoms with Crippen LogP contribution >= 0.6 is 0 Å². The molecule has 2 aliphatic heterocycles. The second-order valence-electron chi connectivity index (χ2n) is 13.4. The summed E-state index contributed by atoms with van der Waals surface area (Å²) in [6, 6.07) is 13.0. The van der Waals surface area contributed by atoms with Crippen molar-refractivity contribution in [1.29, 1.82) is 0 Å². The van der Waals surface area contributed by atoms with E-state index in [9.17, 15) is 23.1 Å². The molecule has 0 amide bonds. The molecule has 4 aliphatic rings. The van der Waals surface area contributed by atoms with Crippen LogP contribution in [-0.2, 0) is 17.3 Å². The van der Waals surface area contributed by atoms with Gasteiger partial charge in [-0.2, -0.15) is 13.2 Å². The van der Waals surface area contributed by atoms with Crippen molar-refractivity contribution in [3.8, 4) is 17.0 Å². The Morgan fingerprint density at radius 1 is 1.07 bits per heavy atom. The summed E-state index contributed by atoms with van der Waals surface area (Å²) < 4.78 is 58.7. The van der Waals surface area contributed by atoms with Crippen LogP contribution in [0, 0.1) is 11.3 Å². The Bertz CT molecular complexity index is 1800. The van der Waals surface area contributed by atoms with Crippen molar-refractivity contribution >= 4 is 22.6 Å². The Morgan fingerprint density at radius 3 is 2.50 bits per heavy atom. The van der Waals surface area contributed by atoms with E-state index in [4.69, 9.17) is 14.0 Å². The fourth-order valence-corrected chi connectivity index (χ4v) is 7.63. The Balaban J connectivity index is 0.965. The van der Waals surface area contributed by atoms with Crippen LogP contribution < -0.4 is 9.64 Å². The zero-order valence-electron chi connectivity index (χ0n) is 25.2. The molecule has 2 aliphatic carbocycles. The average Bonchev–Trinajstić information content (AvgIpc) is 3.77. The number of alkyl halides is 3. The molecule has 1 spiro atoms. The van der Waals surface area contributed by atoms with Crippen LogP contribution in [0.1, 0.15) is 71.8 Å². The fraction of sp³-hybridized carbons (Fsp3) is 0.457. The maximum atomic E-state index is 13.9. The molecule has 8 nitrogen and oxygen atoms in total. The molecule has 0 bridgehead atoms. The van der Waals surface area contributed by atoms with E-state index < -0.39 is 17.7 Å². The average molecular weight is 634 g/mol. The maximum Gasteiger partial charge on any atom is 0.417 e. The second-order valence-corrected chi connectivity index (χ2v) is 13.4. The van der Waals surface area contributed by atoms with Gasteiger partial charge in [-0.3, -0.25) is 0 Å². The van der Waals surface area contributed by atoms with E-state index in [0.717, 1.165) is 80.1 Å². The van der Waals surface area contributed by atoms with Gasteiger partial charge in [0.1, 0.15) is 23.3 Å². The second kappa shape index (κ2) is 11.0. The summed E-state index contributed by atoms with van der Waals surface area (Å²) in [5.74, 6) is 0.815. The molecule has 4 aromatic rings. The van der Waals surface area contributed by atoms with Gasteiger partial charge in [0.05, 0.1) is 24.3 Å². The molecular formula is C35H34F3N3O5. The highest BCUT2D eigenvalue weighted by Crippen LogP contribution is 2.55. The van der Waals surface area contributed by atoms with Gasteiger partial charge in [-0.05, 0) is 80.5 Å². The van der Waals surface area contributed by atoms with Crippen molar-refractivity contribution in [3.05, 3.63) is 71.1 Å². The lowest BCUT2D eigenvalue weighted by Crippen LogP contribution is -2.47. The highest BCUT2D eigenvalue weighted by molar-refractivity contribution is 5.94. The van der Waals surface area contributed by atoms with Crippen molar-refractivity contribution < 1.29 is 37.1 Å². The van der Waals surface area contributed by atoms with Crippen molar-refractivity contribution in [2.45, 2.75) is 63.1 Å². The summed E-state index contributed by atoms with van der Waals surface area (Å²) in [6.45, 7) is 2.72. The normalized spacial score (nSPS) is 20.1. The zero-order chi connectivity index (χ0) is 31.6. The van der Waals surface area contributed by atoms with Crippen LogP contribution in [0.5, 0.6) is 5.75 Å². The van der Waals surface area contributed by atoms with Crippen LogP contribution in [-0.4, -0.2) is 53.6 Å². The van der Waals surface area contributed by atoms with Gasteiger partial charge < -0.3 is 24.0 Å². The third-order valence-corrected chi connectivity index (χ3v) is 10.3. The predicted molar refractivity (Wildman–Crippen MR) is 163 cm³/mol. The highest BCUT2D eigenvalue weighted by Gasteiger charge is 2.47. The number of aromatic carboxylic acids is 1. The molecule has 8 rings (SSSR count). The van der Waals surface area contributed by atoms with Crippen LogP contribution in [0.2, 0.25) is 0 Å². The molecule has 2 aromatic heterocycles. The van der Waals surface area contributed by atoms with E-state index >= 15 is 0 Å². The lowest BCUT2D eigenvalue weighted by molar-refractivity contribution is -0.137. The molecule has 2 saturated heterocycles. The Labute approximate surface area is 263 Å². The standard InChI is InChI=1S/C35H34F3N3O5/c36-35(37,38)27-4-2-1-3-24(27)31-26(32(46-40-31)21-5-6-21)13-20-16-34(17-20)9-11-41(12-10-34)22-7-8-28-25(14-22)30(45-23-18-44-19-23)15-29(39-28)33(42)43/h1-4,7-8,14-15,20-21,23H,5-6,9-13,16-19H2,(H,42,43). The maximum absolute atomic E-state index is 13.9. The molecule has 2 aromatic carbocycles. The smallest absolute Gasteiger partial charge is 0.417 e. The number of nitrogens with zero attached hydrogens (tertiary/aromatic N) is 3. The first kappa shape index (κ1) is 29.3. The SMILES string of the molecule is O=C(O)c1cc(OC2COC2)c2cc(N3CCC4(CC3)CC(Cc3c(-c5ccccc5C(F)(F)F)noc3C3CC3)C4)ccc2n1. The third kappa shape index (κ3) is 5.38. The molecule has 0 radical (unpaired) electrons. The highest BCUT2D eigenvalue weighted by atomic mass is 19.4. The molecule has 0 unspecified atom stereocenters. The van der Waals surface area contributed by atoms with Gasteiger partial charge in [0, 0.05) is 47.3 Å². The zero-order valence-corrected chi connectivity index (χ0v) is 25.2. The molecule has 11 heteroatoms. The number of carbonyl (C=O) groups is 1. The lowest BCUT2D eigenvalue weighted by atomic mass is 9.56. The first-order chi connectivity index (χ1) is 22.2. The molecule has 4 fully saturated rings. The van der Waals surface area contributed by atoms with Gasteiger partial charge >= 0.3 is 12.1 Å². The number of hydrogen-bond donors (Lipinski definition) is 1. The number of carboxylic acid groups (broad SMARTS) is 1. The summed E-state index contributed by atoms with van der Waals surface area (Å²) in [5.41, 5.74) is 2.43. The van der Waals surface area contributed by atoms with E-state index in [1.165, 1.54) is 18.2 Å². The largest absolute Gasteiger partial charge is 0.485 e. The van der Waals surface area contributed by atoms with Gasteiger partial charge in [-0.25, -0.2) is 9.78 Å². The number of pyridine rings is 1. The summed E-state index contributed by atoms with van der Waals surface area (Å²) in [7, 11) is 0. The number of anilines is 1. The number of carboxylic acids is 1. The van der Waals surface area contributed by atoms with Crippen molar-refractivity contribution in [3.63, 3.8) is 0 Å². The van der Waals surface area contributed by atoms with Crippen molar-refractivity contribution in [2.75, 3.05) is 31.2 Å². The summed E-state index contributed by atoms with van der Waals surface area (Å²) in [4.78, 5) is 18.3. The van der Waals surface area contributed by atoms with Crippen molar-refractivity contribution in [2.24, 2.45) is 11.3 Å². The quantitative estimate of drug-likeness (QED) is 0.213. The van der Waals surface area contributed by atoms with Gasteiger partial charge in [0.15, 0.2) is 5.69 Å². The first-order valence-electron chi connectivity index (χ1n) is 16.0. The Hall–Kier alpha value is -4.12. The molecule has 1 N–H and O–H groups in total. The number of hydrogen-bond acceptors (Lipinski definition) is 7. The van der Waals surface area contributed by atoms with Crippen molar-refractivity contribution in [1.82, 2.24) is 10.1 Å². The van der Waals surface area contributed by atoms with Crippen LogP contribution in [0.3, 0.4) is 0 Å². The summed E-state index contributed by atoms with van der Waals surface area (Å²) in [6.07, 6.45) is 2.23. The number of rotatable bonds is 8. The summed E-state index contributed by atoms with van der Waals surface area (Å²) in [5, 5.41) is 14.5. The lowest BCUT2D eigenvalue weighted by Gasteiger charge is -2.53. The van der Waals surface area contributed by atoms with Gasteiger partial charge in [-0.1, -0.05) is 23.4 Å². The topological polar surface area (TPSA) is 97.9 Å². The molecule has 46 heavy (non-hydrogen) atoms. The van der Waals surface area contributed by atoms with Crippen LogP contribution in [0.15, 0.2) is 53.1 Å². The molecule has 0 atom stereocenters. The number of aromatic nitrogens is 2. The number of fused-ring (bicyclic) bond motifs is 1. The van der Waals surface area contributed by atoms with Gasteiger partial charge in [0.2, 0.25) is 0 Å². The van der Waals surface area contributed by atoms with Crippen LogP contribution in [0.25, 0.3) is 22.2 Å². The van der Waals surface area contributed by atoms with E-state index in [-0.39, 0.29) is 28.7 Å². The van der Waals surface area contributed by atoms with E-state index in [0.29, 0.717) is 42.5 Å². The number of piperidine rings is 1. The predicted octanol–water partition coefficient (Wildman–Crippen LogP) is 7.50.